The molecule has 0 spiro atoms. The number of rotatable bonds is 3. The maximum absolute atomic E-state index is 13.1. The maximum atomic E-state index is 13.1. The second-order valence-electron chi connectivity index (χ2n) is 2.61. The lowest BCUT2D eigenvalue weighted by Crippen LogP contribution is -2.06. The zero-order valence-electron chi connectivity index (χ0n) is 7.06. The van der Waals surface area contributed by atoms with E-state index >= 15 is 0 Å². The Morgan fingerprint density at radius 3 is 2.64 bits per heavy atom. The van der Waals surface area contributed by atoms with Gasteiger partial charge in [-0.15, -0.1) is 0 Å². The number of phenolic OH excluding ortho intramolecular Hbond substituents is 1. The van der Waals surface area contributed by atoms with Crippen LogP contribution in [0.4, 0.5) is 8.78 Å². The Morgan fingerprint density at radius 1 is 1.43 bits per heavy atom. The molecule has 3 nitrogen and oxygen atoms in total. The van der Waals surface area contributed by atoms with Gasteiger partial charge in [0.25, 0.3) is 0 Å². The third kappa shape index (κ3) is 2.12. The summed E-state index contributed by atoms with van der Waals surface area (Å²) in [7, 11) is 0. The summed E-state index contributed by atoms with van der Waals surface area (Å²) in [6, 6.07) is 1.13. The van der Waals surface area contributed by atoms with E-state index in [2.05, 4.69) is 4.84 Å². The van der Waals surface area contributed by atoms with Crippen LogP contribution in [0.5, 0.6) is 5.75 Å². The van der Waals surface area contributed by atoms with Gasteiger partial charge in [0.05, 0.1) is 11.6 Å². The molecule has 0 unspecified atom stereocenters. The molecule has 1 aromatic rings. The Balaban J connectivity index is 3.06. The van der Waals surface area contributed by atoms with Crippen LogP contribution in [0.15, 0.2) is 6.07 Å². The lowest BCUT2D eigenvalue weighted by Gasteiger charge is -2.06. The number of benzene rings is 1. The minimum Gasteiger partial charge on any atom is -0.504 e. The molecule has 1 aromatic carbocycles. The zero-order valence-corrected chi connectivity index (χ0v) is 7.81. The number of phenols is 1. The third-order valence-electron chi connectivity index (χ3n) is 1.70. The van der Waals surface area contributed by atoms with E-state index in [4.69, 9.17) is 22.6 Å². The highest BCUT2D eigenvalue weighted by Gasteiger charge is 2.16. The highest BCUT2D eigenvalue weighted by Crippen LogP contribution is 2.30. The van der Waals surface area contributed by atoms with E-state index in [1.165, 1.54) is 0 Å². The normalized spacial score (nSPS) is 10.6. The average molecular weight is 224 g/mol. The Morgan fingerprint density at radius 2 is 2.07 bits per heavy atom. The minimum atomic E-state index is -1.36. The molecule has 0 radical (unpaired) electrons. The van der Waals surface area contributed by atoms with Gasteiger partial charge in [-0.2, -0.15) is 4.39 Å². The van der Waals surface area contributed by atoms with Crippen molar-refractivity contribution in [2.75, 3.05) is 6.61 Å². The van der Waals surface area contributed by atoms with Crippen molar-refractivity contribution in [3.63, 3.8) is 0 Å². The smallest absolute Gasteiger partial charge is 0.202 e. The molecule has 0 saturated carbocycles. The number of aromatic hydroxyl groups is 1. The van der Waals surface area contributed by atoms with Gasteiger partial charge in [-0.25, -0.2) is 10.3 Å². The first kappa shape index (κ1) is 11.2. The molecule has 0 saturated heterocycles. The van der Waals surface area contributed by atoms with Crippen molar-refractivity contribution >= 4 is 11.6 Å². The van der Waals surface area contributed by atoms with Gasteiger partial charge in [0.2, 0.25) is 5.82 Å². The van der Waals surface area contributed by atoms with Crippen LogP contribution in [0.25, 0.3) is 0 Å². The second kappa shape index (κ2) is 4.54. The Bertz CT molecular complexity index is 347. The third-order valence-corrected chi connectivity index (χ3v) is 1.99. The summed E-state index contributed by atoms with van der Waals surface area (Å²) in [5.74, 6) is 1.35. The fraction of sp³-hybridized carbons (Fsp3) is 0.250. The average Bonchev–Trinajstić information content (AvgIpc) is 2.18. The van der Waals surface area contributed by atoms with Crippen molar-refractivity contribution < 1.29 is 18.7 Å². The van der Waals surface area contributed by atoms with Gasteiger partial charge in [-0.05, 0) is 11.6 Å². The lowest BCUT2D eigenvalue weighted by molar-refractivity contribution is 0.140. The van der Waals surface area contributed by atoms with E-state index in [0.29, 0.717) is 0 Å². The maximum Gasteiger partial charge on any atom is 0.202 e. The lowest BCUT2D eigenvalue weighted by atomic mass is 10.1. The number of nitrogens with two attached hydrogens (primary N) is 1. The summed E-state index contributed by atoms with van der Waals surface area (Å²) < 4.78 is 26.0. The molecule has 1 rings (SSSR count). The van der Waals surface area contributed by atoms with Crippen molar-refractivity contribution in [1.82, 2.24) is 0 Å². The molecule has 0 bridgehead atoms. The molecule has 3 N–H and O–H groups in total. The number of halogens is 3. The monoisotopic (exact) mass is 223 g/mol. The van der Waals surface area contributed by atoms with Gasteiger partial charge >= 0.3 is 0 Å². The molecule has 0 atom stereocenters. The van der Waals surface area contributed by atoms with Crippen molar-refractivity contribution in [2.45, 2.75) is 6.42 Å². The van der Waals surface area contributed by atoms with Crippen molar-refractivity contribution in [1.29, 1.82) is 0 Å². The fourth-order valence-corrected chi connectivity index (χ4v) is 1.20. The largest absolute Gasteiger partial charge is 0.504 e. The second-order valence-corrected chi connectivity index (χ2v) is 3.02. The van der Waals surface area contributed by atoms with E-state index in [9.17, 15) is 8.78 Å². The first-order chi connectivity index (χ1) is 6.57. The highest BCUT2D eigenvalue weighted by molar-refractivity contribution is 6.32. The minimum absolute atomic E-state index is 0.00995. The Kier molecular flexibility index (Phi) is 3.62. The van der Waals surface area contributed by atoms with Gasteiger partial charge < -0.3 is 9.94 Å². The summed E-state index contributed by atoms with van der Waals surface area (Å²) >= 11 is 5.44. The van der Waals surface area contributed by atoms with Crippen molar-refractivity contribution in [3.05, 3.63) is 28.3 Å². The van der Waals surface area contributed by atoms with E-state index in [0.717, 1.165) is 6.07 Å². The molecule has 0 aliphatic carbocycles. The van der Waals surface area contributed by atoms with E-state index in [1.54, 1.807) is 0 Å². The fourth-order valence-electron chi connectivity index (χ4n) is 0.985. The quantitative estimate of drug-likeness (QED) is 0.606. The van der Waals surface area contributed by atoms with Gasteiger partial charge in [0.15, 0.2) is 11.6 Å². The van der Waals surface area contributed by atoms with Gasteiger partial charge in [0.1, 0.15) is 0 Å². The summed E-state index contributed by atoms with van der Waals surface area (Å²) in [5.41, 5.74) is 0.00995. The molecule has 0 aliphatic rings. The van der Waals surface area contributed by atoms with Crippen molar-refractivity contribution in [2.24, 2.45) is 5.90 Å². The zero-order chi connectivity index (χ0) is 10.7. The predicted octanol–water partition coefficient (Wildman–Crippen LogP) is 1.76. The molecule has 0 heterocycles. The molecule has 0 aromatic heterocycles. The summed E-state index contributed by atoms with van der Waals surface area (Å²) in [4.78, 5) is 4.22. The molecular formula is C8H8ClF2NO2. The topological polar surface area (TPSA) is 55.5 Å². The van der Waals surface area contributed by atoms with Crippen LogP contribution in [-0.4, -0.2) is 11.7 Å². The Labute approximate surface area is 84.0 Å². The van der Waals surface area contributed by atoms with Gasteiger partial charge in [0, 0.05) is 6.42 Å². The molecule has 78 valence electrons. The molecule has 6 heteroatoms. The standard InChI is InChI=1S/C8H8ClF2NO2/c9-5-3-4(1-2-14-12)6(10)7(11)8(5)13/h3,13H,1-2,12H2. The molecule has 0 fully saturated rings. The van der Waals surface area contributed by atoms with Crippen LogP contribution < -0.4 is 5.90 Å². The summed E-state index contributed by atoms with van der Waals surface area (Å²) in [6.45, 7) is 0.0392. The van der Waals surface area contributed by atoms with Crippen LogP contribution in [0.1, 0.15) is 5.56 Å². The van der Waals surface area contributed by atoms with E-state index < -0.39 is 17.4 Å². The summed E-state index contributed by atoms with van der Waals surface area (Å²) in [6.07, 6.45) is 0.0826. The molecular weight excluding hydrogens is 216 g/mol. The van der Waals surface area contributed by atoms with Crippen LogP contribution in [0.3, 0.4) is 0 Å². The summed E-state index contributed by atoms with van der Waals surface area (Å²) in [5, 5.41) is 8.69. The molecule has 0 amide bonds. The molecule has 14 heavy (non-hydrogen) atoms. The van der Waals surface area contributed by atoms with E-state index in [1.807, 2.05) is 0 Å². The predicted molar refractivity (Wildman–Crippen MR) is 46.9 cm³/mol. The van der Waals surface area contributed by atoms with Crippen LogP contribution >= 0.6 is 11.6 Å². The first-order valence-electron chi connectivity index (χ1n) is 3.75. The number of hydrogen-bond donors (Lipinski definition) is 2. The van der Waals surface area contributed by atoms with Crippen LogP contribution in [-0.2, 0) is 11.3 Å². The van der Waals surface area contributed by atoms with Gasteiger partial charge in [-0.1, -0.05) is 11.6 Å². The first-order valence-corrected chi connectivity index (χ1v) is 4.12. The van der Waals surface area contributed by atoms with Crippen LogP contribution in [0, 0.1) is 11.6 Å². The molecule has 0 aliphatic heterocycles. The highest BCUT2D eigenvalue weighted by atomic mass is 35.5. The SMILES string of the molecule is NOCCc1cc(Cl)c(O)c(F)c1F. The van der Waals surface area contributed by atoms with Crippen LogP contribution in [0.2, 0.25) is 5.02 Å². The number of hydrogen-bond acceptors (Lipinski definition) is 3. The van der Waals surface area contributed by atoms with Gasteiger partial charge in [-0.3, -0.25) is 0 Å². The van der Waals surface area contributed by atoms with Crippen molar-refractivity contribution in [3.8, 4) is 5.75 Å². The van der Waals surface area contributed by atoms with E-state index in [-0.39, 0.29) is 23.6 Å². The Hall–Kier alpha value is -0.910.